The van der Waals surface area contributed by atoms with Crippen molar-refractivity contribution >= 4 is 29.1 Å². The number of Topliss-reactive ketones (excluding diaryl/α,β-unsaturated/α-hetero) is 1. The van der Waals surface area contributed by atoms with Crippen molar-refractivity contribution < 1.29 is 23.9 Å². The van der Waals surface area contributed by atoms with Crippen LogP contribution in [-0.4, -0.2) is 30.9 Å². The highest BCUT2D eigenvalue weighted by molar-refractivity contribution is 7.10. The molecule has 0 bridgehead atoms. The first-order valence-electron chi connectivity index (χ1n) is 12.6. The number of ketones is 1. The van der Waals surface area contributed by atoms with E-state index in [9.17, 15) is 14.4 Å². The zero-order valence-electron chi connectivity index (χ0n) is 21.3. The molecule has 2 heterocycles. The van der Waals surface area contributed by atoms with Gasteiger partial charge >= 0.3 is 11.9 Å². The maximum absolute atomic E-state index is 14.3. The number of carbonyl (C=O) groups excluding carboxylic acids is 3. The molecule has 3 atom stereocenters. The van der Waals surface area contributed by atoms with E-state index in [0.717, 1.165) is 33.8 Å². The van der Waals surface area contributed by atoms with E-state index in [1.165, 1.54) is 11.3 Å². The van der Waals surface area contributed by atoms with Crippen molar-refractivity contribution in [1.29, 1.82) is 0 Å². The Hall–Kier alpha value is -3.19. The molecule has 1 aromatic carbocycles. The van der Waals surface area contributed by atoms with Gasteiger partial charge in [0.2, 0.25) is 0 Å². The molecule has 6 nitrogen and oxygen atoms in total. The number of carbonyl (C=O) groups is 3. The van der Waals surface area contributed by atoms with Crippen LogP contribution in [0, 0.1) is 12.8 Å². The Bertz CT molecular complexity index is 1190. The third-order valence-electron chi connectivity index (χ3n) is 6.76. The second-order valence-corrected chi connectivity index (χ2v) is 10.1. The topological polar surface area (TPSA) is 81.7 Å². The number of hydrogen-bond donors (Lipinski definition) is 1. The second-order valence-electron chi connectivity index (χ2n) is 9.14. The molecule has 1 aromatic heterocycles. The Labute approximate surface area is 216 Å². The van der Waals surface area contributed by atoms with Crippen LogP contribution < -0.4 is 5.32 Å². The summed E-state index contributed by atoms with van der Waals surface area (Å²) in [4.78, 5) is 41.7. The van der Waals surface area contributed by atoms with Crippen LogP contribution in [0.5, 0.6) is 0 Å². The highest BCUT2D eigenvalue weighted by Crippen LogP contribution is 2.49. The van der Waals surface area contributed by atoms with E-state index in [4.69, 9.17) is 9.47 Å². The predicted molar refractivity (Wildman–Crippen MR) is 139 cm³/mol. The summed E-state index contributed by atoms with van der Waals surface area (Å²) in [5.74, 6) is -3.15. The Kier molecular flexibility index (Phi) is 8.09. The van der Waals surface area contributed by atoms with E-state index in [0.29, 0.717) is 24.0 Å². The first-order valence-corrected chi connectivity index (χ1v) is 13.5. The van der Waals surface area contributed by atoms with Gasteiger partial charge in [-0.3, -0.25) is 9.59 Å². The van der Waals surface area contributed by atoms with Crippen molar-refractivity contribution in [3.05, 3.63) is 80.3 Å². The number of hydrogen-bond acceptors (Lipinski definition) is 7. The average molecular weight is 508 g/mol. The third-order valence-corrected chi connectivity index (χ3v) is 7.76. The highest BCUT2D eigenvalue weighted by atomic mass is 32.1. The van der Waals surface area contributed by atoms with Gasteiger partial charge in [0.05, 0.1) is 18.8 Å². The zero-order chi connectivity index (χ0) is 25.8. The summed E-state index contributed by atoms with van der Waals surface area (Å²) < 4.78 is 10.9. The number of thiophene rings is 1. The number of allylic oxidation sites excluding steroid dienone is 3. The molecule has 0 amide bonds. The SMILES string of the molecule is CCCC1=C(C(=O)OCC)[C@@H](c2ccc(C)cc2)C2=C(C[C@H](c3cccs3)[C@H](C(=O)OCC)C2=O)N1. The van der Waals surface area contributed by atoms with Gasteiger partial charge in [0.1, 0.15) is 5.92 Å². The summed E-state index contributed by atoms with van der Waals surface area (Å²) in [6.45, 7) is 7.99. The molecular formula is C29H33NO5S. The van der Waals surface area contributed by atoms with E-state index in [1.54, 1.807) is 13.8 Å². The van der Waals surface area contributed by atoms with Gasteiger partial charge < -0.3 is 14.8 Å². The van der Waals surface area contributed by atoms with Crippen LogP contribution in [0.3, 0.4) is 0 Å². The van der Waals surface area contributed by atoms with Crippen molar-refractivity contribution in [2.24, 2.45) is 5.92 Å². The molecule has 0 radical (unpaired) electrons. The summed E-state index contributed by atoms with van der Waals surface area (Å²) in [5, 5.41) is 5.42. The lowest BCUT2D eigenvalue weighted by Crippen LogP contribution is -2.43. The largest absolute Gasteiger partial charge is 0.465 e. The molecule has 0 saturated heterocycles. The fourth-order valence-corrected chi connectivity index (χ4v) is 6.07. The normalized spacial score (nSPS) is 21.7. The van der Waals surface area contributed by atoms with E-state index >= 15 is 0 Å². The molecule has 36 heavy (non-hydrogen) atoms. The van der Waals surface area contributed by atoms with Crippen LogP contribution in [0.2, 0.25) is 0 Å². The molecule has 0 spiro atoms. The molecule has 1 aliphatic carbocycles. The average Bonchev–Trinajstić information content (AvgIpc) is 3.39. The minimum absolute atomic E-state index is 0.194. The van der Waals surface area contributed by atoms with Crippen LogP contribution in [0.15, 0.2) is 64.3 Å². The minimum Gasteiger partial charge on any atom is -0.465 e. The fraction of sp³-hybridized carbons (Fsp3) is 0.414. The van der Waals surface area contributed by atoms with Crippen molar-refractivity contribution in [1.82, 2.24) is 5.32 Å². The maximum atomic E-state index is 14.3. The summed E-state index contributed by atoms with van der Waals surface area (Å²) in [5.41, 5.74) is 4.39. The molecule has 0 fully saturated rings. The van der Waals surface area contributed by atoms with Crippen LogP contribution in [0.4, 0.5) is 0 Å². The lowest BCUT2D eigenvalue weighted by molar-refractivity contribution is -0.152. The number of benzene rings is 1. The van der Waals surface area contributed by atoms with Crippen LogP contribution >= 0.6 is 11.3 Å². The van der Waals surface area contributed by atoms with Crippen LogP contribution in [-0.2, 0) is 23.9 Å². The van der Waals surface area contributed by atoms with E-state index in [2.05, 4.69) is 12.2 Å². The summed E-state index contributed by atoms with van der Waals surface area (Å²) >= 11 is 1.54. The number of esters is 2. The Morgan fingerprint density at radius 2 is 1.78 bits per heavy atom. The maximum Gasteiger partial charge on any atom is 0.336 e. The van der Waals surface area contributed by atoms with Gasteiger partial charge in [-0.05, 0) is 50.6 Å². The van der Waals surface area contributed by atoms with Crippen LogP contribution in [0.1, 0.15) is 67.9 Å². The third kappa shape index (κ3) is 4.89. The summed E-state index contributed by atoms with van der Waals surface area (Å²) in [6, 6.07) is 11.8. The number of rotatable bonds is 8. The molecule has 1 N–H and O–H groups in total. The lowest BCUT2D eigenvalue weighted by atomic mass is 9.68. The van der Waals surface area contributed by atoms with E-state index in [-0.39, 0.29) is 24.9 Å². The van der Waals surface area contributed by atoms with Gasteiger partial charge in [-0.1, -0.05) is 49.2 Å². The van der Waals surface area contributed by atoms with Gasteiger partial charge in [-0.2, -0.15) is 0 Å². The van der Waals surface area contributed by atoms with Gasteiger partial charge in [0, 0.05) is 33.7 Å². The Balaban J connectivity index is 1.91. The molecule has 190 valence electrons. The number of aryl methyl sites for hydroxylation is 1. The van der Waals surface area contributed by atoms with Gasteiger partial charge in [0.15, 0.2) is 5.78 Å². The molecule has 2 aromatic rings. The molecule has 0 saturated carbocycles. The number of ether oxygens (including phenoxy) is 2. The van der Waals surface area contributed by atoms with Gasteiger partial charge in [-0.15, -0.1) is 11.3 Å². The monoisotopic (exact) mass is 507 g/mol. The minimum atomic E-state index is -0.965. The van der Waals surface area contributed by atoms with Crippen molar-refractivity contribution in [3.63, 3.8) is 0 Å². The van der Waals surface area contributed by atoms with Crippen molar-refractivity contribution in [3.8, 4) is 0 Å². The predicted octanol–water partition coefficient (Wildman–Crippen LogP) is 5.55. The quantitative estimate of drug-likeness (QED) is 0.373. The smallest absolute Gasteiger partial charge is 0.336 e. The summed E-state index contributed by atoms with van der Waals surface area (Å²) in [6.07, 6.45) is 1.95. The summed E-state index contributed by atoms with van der Waals surface area (Å²) in [7, 11) is 0. The fourth-order valence-electron chi connectivity index (χ4n) is 5.21. The molecule has 1 aliphatic heterocycles. The van der Waals surface area contributed by atoms with Crippen molar-refractivity contribution in [2.45, 2.75) is 58.8 Å². The second kappa shape index (κ2) is 11.2. The van der Waals surface area contributed by atoms with Gasteiger partial charge in [-0.25, -0.2) is 4.79 Å². The van der Waals surface area contributed by atoms with Gasteiger partial charge in [0.25, 0.3) is 0 Å². The number of nitrogens with one attached hydrogen (secondary N) is 1. The van der Waals surface area contributed by atoms with Crippen LogP contribution in [0.25, 0.3) is 0 Å². The van der Waals surface area contributed by atoms with E-state index in [1.807, 2.05) is 48.7 Å². The van der Waals surface area contributed by atoms with E-state index < -0.39 is 23.8 Å². The Morgan fingerprint density at radius 1 is 1.06 bits per heavy atom. The molecule has 7 heteroatoms. The molecule has 4 rings (SSSR count). The molecular weight excluding hydrogens is 474 g/mol. The first-order chi connectivity index (χ1) is 17.4. The first kappa shape index (κ1) is 25.9. The standard InChI is InChI=1S/C29H33NO5S/c1-5-9-20-26(29(33)35-7-3)23(18-13-11-17(4)12-14-18)25-21(30-20)16-19(22-10-8-15-36-22)24(27(25)31)28(32)34-6-2/h8,10-15,19,23-24,30H,5-7,9,16H2,1-4H3/t19-,23+,24+/m1/s1. The highest BCUT2D eigenvalue weighted by Gasteiger charge is 2.49. The van der Waals surface area contributed by atoms with Crippen molar-refractivity contribution in [2.75, 3.05) is 13.2 Å². The zero-order valence-corrected chi connectivity index (χ0v) is 22.1. The molecule has 0 unspecified atom stereocenters. The lowest BCUT2D eigenvalue weighted by Gasteiger charge is -2.39. The Morgan fingerprint density at radius 3 is 2.39 bits per heavy atom. The molecule has 2 aliphatic rings. The number of dihydropyridines is 1.